The van der Waals surface area contributed by atoms with Crippen LogP contribution in [0, 0.1) is 0 Å². The van der Waals surface area contributed by atoms with Gasteiger partial charge >= 0.3 is 0 Å². The Morgan fingerprint density at radius 2 is 2.06 bits per heavy atom. The van der Waals surface area contributed by atoms with Crippen molar-refractivity contribution >= 4 is 10.9 Å². The Morgan fingerprint density at radius 1 is 1.24 bits per heavy atom. The highest BCUT2D eigenvalue weighted by Gasteiger charge is 2.02. The van der Waals surface area contributed by atoms with Gasteiger partial charge in [0.05, 0.1) is 0 Å². The highest BCUT2D eigenvalue weighted by molar-refractivity contribution is 5.80. The number of hydrogen-bond donors (Lipinski definition) is 1. The summed E-state index contributed by atoms with van der Waals surface area (Å²) in [7, 11) is 4.22. The van der Waals surface area contributed by atoms with Gasteiger partial charge in [-0.1, -0.05) is 12.1 Å². The van der Waals surface area contributed by atoms with Crippen molar-refractivity contribution in [1.29, 1.82) is 0 Å². The third-order valence-corrected chi connectivity index (χ3v) is 3.08. The van der Waals surface area contributed by atoms with E-state index in [0.717, 1.165) is 13.1 Å². The van der Waals surface area contributed by atoms with Gasteiger partial charge in [-0.3, -0.25) is 0 Å². The summed E-state index contributed by atoms with van der Waals surface area (Å²) < 4.78 is 2.32. The lowest BCUT2D eigenvalue weighted by Crippen LogP contribution is -2.14. The monoisotopic (exact) mass is 231 g/mol. The van der Waals surface area contributed by atoms with Gasteiger partial charge in [-0.05, 0) is 50.1 Å². The first kappa shape index (κ1) is 12.1. The van der Waals surface area contributed by atoms with Gasteiger partial charge in [-0.25, -0.2) is 0 Å². The topological polar surface area (TPSA) is 34.2 Å². The zero-order chi connectivity index (χ0) is 12.3. The predicted molar refractivity (Wildman–Crippen MR) is 73.0 cm³/mol. The molecule has 92 valence electrons. The molecule has 17 heavy (non-hydrogen) atoms. The van der Waals surface area contributed by atoms with Gasteiger partial charge in [0.2, 0.25) is 0 Å². The first-order valence-electron chi connectivity index (χ1n) is 6.13. The number of nitrogens with zero attached hydrogens (tertiary/aromatic N) is 2. The molecule has 0 atom stereocenters. The van der Waals surface area contributed by atoms with E-state index in [2.05, 4.69) is 54.0 Å². The Labute approximate surface area is 103 Å². The first-order valence-corrected chi connectivity index (χ1v) is 6.13. The zero-order valence-electron chi connectivity index (χ0n) is 10.7. The Morgan fingerprint density at radius 3 is 2.76 bits per heavy atom. The van der Waals surface area contributed by atoms with Crippen molar-refractivity contribution in [1.82, 2.24) is 9.47 Å². The Kier molecular flexibility index (Phi) is 3.82. The average molecular weight is 231 g/mol. The SMILES string of the molecule is CN(C)CCCn1ccc2ccc(CN)cc21. The lowest BCUT2D eigenvalue weighted by molar-refractivity contribution is 0.388. The fourth-order valence-electron chi connectivity index (χ4n) is 2.11. The molecule has 2 aromatic rings. The zero-order valence-corrected chi connectivity index (χ0v) is 10.7. The van der Waals surface area contributed by atoms with Crippen molar-refractivity contribution in [2.24, 2.45) is 5.73 Å². The van der Waals surface area contributed by atoms with Crippen molar-refractivity contribution in [3.63, 3.8) is 0 Å². The molecular formula is C14H21N3. The van der Waals surface area contributed by atoms with Gasteiger partial charge in [0.15, 0.2) is 0 Å². The number of nitrogens with two attached hydrogens (primary N) is 1. The van der Waals surface area contributed by atoms with E-state index in [-0.39, 0.29) is 0 Å². The van der Waals surface area contributed by atoms with E-state index in [4.69, 9.17) is 5.73 Å². The second-order valence-corrected chi connectivity index (χ2v) is 4.76. The summed E-state index contributed by atoms with van der Waals surface area (Å²) in [5.74, 6) is 0. The summed E-state index contributed by atoms with van der Waals surface area (Å²) in [6.45, 7) is 2.80. The van der Waals surface area contributed by atoms with Gasteiger partial charge in [0.1, 0.15) is 0 Å². The van der Waals surface area contributed by atoms with Crippen molar-refractivity contribution in [3.05, 3.63) is 36.0 Å². The van der Waals surface area contributed by atoms with Gasteiger partial charge in [0, 0.05) is 24.8 Å². The van der Waals surface area contributed by atoms with Crippen LogP contribution in [0.2, 0.25) is 0 Å². The largest absolute Gasteiger partial charge is 0.347 e. The molecule has 1 heterocycles. The van der Waals surface area contributed by atoms with Crippen LogP contribution in [0.3, 0.4) is 0 Å². The summed E-state index contributed by atoms with van der Waals surface area (Å²) in [6, 6.07) is 8.63. The number of fused-ring (bicyclic) bond motifs is 1. The van der Waals surface area contributed by atoms with Crippen LogP contribution >= 0.6 is 0 Å². The molecule has 0 fully saturated rings. The summed E-state index contributed by atoms with van der Waals surface area (Å²) in [6.07, 6.45) is 3.34. The molecule has 0 aliphatic rings. The maximum atomic E-state index is 5.68. The molecular weight excluding hydrogens is 210 g/mol. The highest BCUT2D eigenvalue weighted by Crippen LogP contribution is 2.18. The van der Waals surface area contributed by atoms with Crippen LogP contribution in [-0.4, -0.2) is 30.1 Å². The molecule has 1 aromatic heterocycles. The quantitative estimate of drug-likeness (QED) is 0.854. The summed E-state index contributed by atoms with van der Waals surface area (Å²) in [5.41, 5.74) is 8.18. The van der Waals surface area contributed by atoms with E-state index in [1.807, 2.05) is 0 Å². The Hall–Kier alpha value is -1.32. The van der Waals surface area contributed by atoms with E-state index < -0.39 is 0 Å². The van der Waals surface area contributed by atoms with Crippen LogP contribution in [0.5, 0.6) is 0 Å². The fraction of sp³-hybridized carbons (Fsp3) is 0.429. The first-order chi connectivity index (χ1) is 8.20. The molecule has 0 bridgehead atoms. The number of rotatable bonds is 5. The second-order valence-electron chi connectivity index (χ2n) is 4.76. The van der Waals surface area contributed by atoms with Crippen molar-refractivity contribution in [3.8, 4) is 0 Å². The number of benzene rings is 1. The number of aryl methyl sites for hydroxylation is 1. The molecule has 1 aromatic carbocycles. The second kappa shape index (κ2) is 5.34. The molecule has 3 nitrogen and oxygen atoms in total. The third-order valence-electron chi connectivity index (χ3n) is 3.08. The van der Waals surface area contributed by atoms with Crippen molar-refractivity contribution in [2.75, 3.05) is 20.6 Å². The van der Waals surface area contributed by atoms with E-state index in [0.29, 0.717) is 6.54 Å². The summed E-state index contributed by atoms with van der Waals surface area (Å²) >= 11 is 0. The molecule has 0 amide bonds. The maximum absolute atomic E-state index is 5.68. The van der Waals surface area contributed by atoms with Crippen LogP contribution in [0.15, 0.2) is 30.5 Å². The van der Waals surface area contributed by atoms with E-state index in [1.165, 1.54) is 22.9 Å². The molecule has 2 rings (SSSR count). The molecule has 0 saturated heterocycles. The van der Waals surface area contributed by atoms with Crippen molar-refractivity contribution in [2.45, 2.75) is 19.5 Å². The predicted octanol–water partition coefficient (Wildman–Crippen LogP) is 2.05. The van der Waals surface area contributed by atoms with E-state index in [9.17, 15) is 0 Å². The smallest absolute Gasteiger partial charge is 0.0483 e. The third kappa shape index (κ3) is 2.87. The molecule has 0 unspecified atom stereocenters. The minimum Gasteiger partial charge on any atom is -0.347 e. The Bertz CT molecular complexity index is 485. The number of aromatic nitrogens is 1. The normalized spacial score (nSPS) is 11.5. The van der Waals surface area contributed by atoms with Crippen LogP contribution in [0.1, 0.15) is 12.0 Å². The summed E-state index contributed by atoms with van der Waals surface area (Å²) in [4.78, 5) is 2.22. The van der Waals surface area contributed by atoms with Crippen LogP contribution in [0.25, 0.3) is 10.9 Å². The van der Waals surface area contributed by atoms with Gasteiger partial charge in [-0.15, -0.1) is 0 Å². The lowest BCUT2D eigenvalue weighted by Gasteiger charge is -2.10. The van der Waals surface area contributed by atoms with Crippen LogP contribution < -0.4 is 5.73 Å². The molecule has 0 aliphatic carbocycles. The molecule has 0 radical (unpaired) electrons. The van der Waals surface area contributed by atoms with Gasteiger partial charge < -0.3 is 15.2 Å². The highest BCUT2D eigenvalue weighted by atomic mass is 15.1. The van der Waals surface area contributed by atoms with Gasteiger partial charge in [0.25, 0.3) is 0 Å². The molecule has 0 spiro atoms. The average Bonchev–Trinajstić information content (AvgIpc) is 2.71. The minimum atomic E-state index is 0.610. The summed E-state index contributed by atoms with van der Waals surface area (Å²) in [5, 5.41) is 1.30. The van der Waals surface area contributed by atoms with E-state index in [1.54, 1.807) is 0 Å². The van der Waals surface area contributed by atoms with E-state index >= 15 is 0 Å². The number of hydrogen-bond acceptors (Lipinski definition) is 2. The molecule has 3 heteroatoms. The Balaban J connectivity index is 2.16. The minimum absolute atomic E-state index is 0.610. The van der Waals surface area contributed by atoms with Gasteiger partial charge in [-0.2, -0.15) is 0 Å². The molecule has 0 saturated carbocycles. The maximum Gasteiger partial charge on any atom is 0.0483 e. The molecule has 2 N–H and O–H groups in total. The standard InChI is InChI=1S/C14H21N3/c1-16(2)7-3-8-17-9-6-13-5-4-12(11-15)10-14(13)17/h4-6,9-10H,3,7-8,11,15H2,1-2H3. The fourth-order valence-corrected chi connectivity index (χ4v) is 2.11. The van der Waals surface area contributed by atoms with Crippen LogP contribution in [0.4, 0.5) is 0 Å². The van der Waals surface area contributed by atoms with Crippen molar-refractivity contribution < 1.29 is 0 Å². The molecule has 0 aliphatic heterocycles. The van der Waals surface area contributed by atoms with Crippen LogP contribution in [-0.2, 0) is 13.1 Å². The lowest BCUT2D eigenvalue weighted by atomic mass is 10.1.